The molecular weight excluding hydrogens is 234 g/mol. The number of hydrogen-bond donors (Lipinski definition) is 2. The van der Waals surface area contributed by atoms with Crippen LogP contribution in [-0.2, 0) is 9.53 Å². The summed E-state index contributed by atoms with van der Waals surface area (Å²) in [6.07, 6.45) is 1.09. The van der Waals surface area contributed by atoms with Gasteiger partial charge in [0.15, 0.2) is 6.10 Å². The first-order valence-corrected chi connectivity index (χ1v) is 5.87. The summed E-state index contributed by atoms with van der Waals surface area (Å²) in [5.74, 6) is -1.16. The van der Waals surface area contributed by atoms with Crippen LogP contribution in [-0.4, -0.2) is 29.1 Å². The van der Waals surface area contributed by atoms with Crippen molar-refractivity contribution in [1.29, 1.82) is 0 Å². The number of amides is 1. The Morgan fingerprint density at radius 2 is 2.06 bits per heavy atom. The van der Waals surface area contributed by atoms with E-state index >= 15 is 0 Å². The fraction of sp³-hybridized carbons (Fsp3) is 0.385. The third-order valence-electron chi connectivity index (χ3n) is 2.70. The molecule has 2 rings (SSSR count). The molecule has 1 atom stereocenters. The third-order valence-corrected chi connectivity index (χ3v) is 2.70. The van der Waals surface area contributed by atoms with Gasteiger partial charge in [-0.25, -0.2) is 4.79 Å². The number of ether oxygens (including phenoxy) is 1. The summed E-state index contributed by atoms with van der Waals surface area (Å²) >= 11 is 0. The number of hydrogen-bond acceptors (Lipinski definition) is 4. The van der Waals surface area contributed by atoms with E-state index in [0.717, 1.165) is 12.8 Å². The molecule has 0 aromatic heterocycles. The highest BCUT2D eigenvalue weighted by molar-refractivity contribution is 5.94. The lowest BCUT2D eigenvalue weighted by Crippen LogP contribution is -2.37. The first-order valence-electron chi connectivity index (χ1n) is 5.87. The van der Waals surface area contributed by atoms with Crippen molar-refractivity contribution in [1.82, 2.24) is 5.32 Å². The predicted molar refractivity (Wildman–Crippen MR) is 64.1 cm³/mol. The molecule has 0 unspecified atom stereocenters. The maximum Gasteiger partial charge on any atom is 0.342 e. The van der Waals surface area contributed by atoms with Crippen molar-refractivity contribution in [2.75, 3.05) is 0 Å². The Labute approximate surface area is 105 Å². The lowest BCUT2D eigenvalue weighted by Gasteiger charge is -2.13. The minimum atomic E-state index is -0.863. The maximum absolute atomic E-state index is 11.7. The van der Waals surface area contributed by atoms with Crippen molar-refractivity contribution in [3.8, 4) is 5.75 Å². The van der Waals surface area contributed by atoms with E-state index in [0.29, 0.717) is 0 Å². The van der Waals surface area contributed by atoms with Gasteiger partial charge in [-0.05, 0) is 31.9 Å². The molecule has 1 aromatic rings. The highest BCUT2D eigenvalue weighted by Crippen LogP contribution is 2.20. The molecule has 0 aliphatic heterocycles. The van der Waals surface area contributed by atoms with Gasteiger partial charge < -0.3 is 15.2 Å². The molecule has 1 aromatic carbocycles. The van der Waals surface area contributed by atoms with Crippen LogP contribution < -0.4 is 5.32 Å². The molecule has 5 heteroatoms. The summed E-state index contributed by atoms with van der Waals surface area (Å²) in [5, 5.41) is 12.2. The topological polar surface area (TPSA) is 75.6 Å². The number of benzene rings is 1. The SMILES string of the molecule is C[C@H](OC(=O)c1ccccc1O)C(=O)NC1CC1. The number of carbonyl (C=O) groups is 2. The van der Waals surface area contributed by atoms with Crippen LogP contribution in [0.15, 0.2) is 24.3 Å². The van der Waals surface area contributed by atoms with Crippen molar-refractivity contribution in [2.45, 2.75) is 31.9 Å². The van der Waals surface area contributed by atoms with E-state index in [9.17, 15) is 14.7 Å². The molecule has 1 saturated carbocycles. The number of aromatic hydroxyl groups is 1. The molecule has 5 nitrogen and oxygen atoms in total. The summed E-state index contributed by atoms with van der Waals surface area (Å²) in [5.41, 5.74) is 0.0589. The highest BCUT2D eigenvalue weighted by atomic mass is 16.5. The van der Waals surface area contributed by atoms with E-state index in [1.807, 2.05) is 0 Å². The van der Waals surface area contributed by atoms with E-state index in [-0.39, 0.29) is 23.3 Å². The van der Waals surface area contributed by atoms with Crippen LogP contribution in [0, 0.1) is 0 Å². The zero-order valence-electron chi connectivity index (χ0n) is 10.1. The number of esters is 1. The monoisotopic (exact) mass is 249 g/mol. The molecular formula is C13H15NO4. The average Bonchev–Trinajstić information content (AvgIpc) is 3.13. The first-order chi connectivity index (χ1) is 8.58. The van der Waals surface area contributed by atoms with Gasteiger partial charge in [0.05, 0.1) is 0 Å². The van der Waals surface area contributed by atoms with E-state index in [1.54, 1.807) is 12.1 Å². The van der Waals surface area contributed by atoms with Crippen LogP contribution in [0.5, 0.6) is 5.75 Å². The molecule has 96 valence electrons. The minimum absolute atomic E-state index is 0.0589. The van der Waals surface area contributed by atoms with Gasteiger partial charge in [-0.15, -0.1) is 0 Å². The smallest absolute Gasteiger partial charge is 0.342 e. The zero-order chi connectivity index (χ0) is 13.1. The lowest BCUT2D eigenvalue weighted by molar-refractivity contribution is -0.129. The molecule has 1 aliphatic rings. The number of phenolic OH excluding ortho intramolecular Hbond substituents is 1. The maximum atomic E-state index is 11.7. The van der Waals surface area contributed by atoms with Crippen molar-refractivity contribution >= 4 is 11.9 Å². The van der Waals surface area contributed by atoms with Crippen LogP contribution in [0.25, 0.3) is 0 Å². The van der Waals surface area contributed by atoms with E-state index in [2.05, 4.69) is 5.32 Å². The standard InChI is InChI=1S/C13H15NO4/c1-8(12(16)14-9-6-7-9)18-13(17)10-4-2-3-5-11(10)15/h2-5,8-9,15H,6-7H2,1H3,(H,14,16)/t8-/m0/s1. The fourth-order valence-electron chi connectivity index (χ4n) is 1.47. The summed E-state index contributed by atoms with van der Waals surface area (Å²) in [4.78, 5) is 23.3. The number of nitrogens with one attached hydrogen (secondary N) is 1. The Hall–Kier alpha value is -2.04. The number of rotatable bonds is 4. The van der Waals surface area contributed by atoms with Gasteiger partial charge >= 0.3 is 5.97 Å². The molecule has 0 spiro atoms. The van der Waals surface area contributed by atoms with Gasteiger partial charge in [0.1, 0.15) is 11.3 Å². The van der Waals surface area contributed by atoms with Crippen molar-refractivity contribution < 1.29 is 19.4 Å². The zero-order valence-corrected chi connectivity index (χ0v) is 10.1. The molecule has 18 heavy (non-hydrogen) atoms. The summed E-state index contributed by atoms with van der Waals surface area (Å²) in [6, 6.07) is 6.29. The Bertz CT molecular complexity index is 468. The van der Waals surface area contributed by atoms with Gasteiger partial charge in [0.2, 0.25) is 0 Å². The average molecular weight is 249 g/mol. The Balaban J connectivity index is 1.94. The number of phenols is 1. The highest BCUT2D eigenvalue weighted by Gasteiger charge is 2.27. The third kappa shape index (κ3) is 3.00. The van der Waals surface area contributed by atoms with Crippen molar-refractivity contribution in [3.63, 3.8) is 0 Å². The molecule has 0 radical (unpaired) electrons. The first kappa shape index (κ1) is 12.4. The van der Waals surface area contributed by atoms with Gasteiger partial charge in [-0.3, -0.25) is 4.79 Å². The Morgan fingerprint density at radius 3 is 2.67 bits per heavy atom. The van der Waals surface area contributed by atoms with Crippen LogP contribution in [0.4, 0.5) is 0 Å². The second kappa shape index (κ2) is 5.08. The van der Waals surface area contributed by atoms with E-state index in [4.69, 9.17) is 4.74 Å². The van der Waals surface area contributed by atoms with E-state index in [1.165, 1.54) is 19.1 Å². The normalized spacial score (nSPS) is 15.8. The van der Waals surface area contributed by atoms with Crippen LogP contribution in [0.3, 0.4) is 0 Å². The van der Waals surface area contributed by atoms with Crippen LogP contribution >= 0.6 is 0 Å². The predicted octanol–water partition coefficient (Wildman–Crippen LogP) is 1.22. The van der Waals surface area contributed by atoms with Gasteiger partial charge in [-0.2, -0.15) is 0 Å². The molecule has 1 amide bonds. The number of para-hydroxylation sites is 1. The molecule has 1 fully saturated rings. The molecule has 0 bridgehead atoms. The van der Waals surface area contributed by atoms with E-state index < -0.39 is 12.1 Å². The molecule has 0 heterocycles. The summed E-state index contributed by atoms with van der Waals surface area (Å²) < 4.78 is 5.00. The molecule has 1 aliphatic carbocycles. The largest absolute Gasteiger partial charge is 0.507 e. The number of carbonyl (C=O) groups excluding carboxylic acids is 2. The Morgan fingerprint density at radius 1 is 1.39 bits per heavy atom. The lowest BCUT2D eigenvalue weighted by atomic mass is 10.2. The van der Waals surface area contributed by atoms with Crippen molar-refractivity contribution in [2.24, 2.45) is 0 Å². The molecule has 2 N–H and O–H groups in total. The van der Waals surface area contributed by atoms with Gasteiger partial charge in [0, 0.05) is 6.04 Å². The van der Waals surface area contributed by atoms with Gasteiger partial charge in [0.25, 0.3) is 5.91 Å². The molecule has 0 saturated heterocycles. The minimum Gasteiger partial charge on any atom is -0.507 e. The van der Waals surface area contributed by atoms with Crippen LogP contribution in [0.2, 0.25) is 0 Å². The van der Waals surface area contributed by atoms with Crippen molar-refractivity contribution in [3.05, 3.63) is 29.8 Å². The van der Waals surface area contributed by atoms with Gasteiger partial charge in [-0.1, -0.05) is 12.1 Å². The summed E-state index contributed by atoms with van der Waals surface area (Å²) in [6.45, 7) is 1.51. The Kier molecular flexibility index (Phi) is 3.50. The second-order valence-corrected chi connectivity index (χ2v) is 4.35. The van der Waals surface area contributed by atoms with Crippen LogP contribution in [0.1, 0.15) is 30.1 Å². The quantitative estimate of drug-likeness (QED) is 0.787. The summed E-state index contributed by atoms with van der Waals surface area (Å²) in [7, 11) is 0. The fourth-order valence-corrected chi connectivity index (χ4v) is 1.47. The second-order valence-electron chi connectivity index (χ2n) is 4.35.